The molecule has 9 N–H and O–H groups in total. The van der Waals surface area contributed by atoms with Gasteiger partial charge in [-0.2, -0.15) is 0 Å². The number of para-hydroxylation sites is 2. The number of unbranched alkanes of at least 4 members (excludes halogenated alkanes) is 1. The van der Waals surface area contributed by atoms with E-state index in [0.717, 1.165) is 27.6 Å². The van der Waals surface area contributed by atoms with Crippen LogP contribution in [0.15, 0.2) is 85.1 Å². The summed E-state index contributed by atoms with van der Waals surface area (Å²) in [7, 11) is 0. The van der Waals surface area contributed by atoms with Crippen molar-refractivity contribution in [3.63, 3.8) is 0 Å². The molecule has 0 unspecified atom stereocenters. The molecule has 7 amide bonds. The Morgan fingerprint density at radius 2 is 1.45 bits per heavy atom. The van der Waals surface area contributed by atoms with E-state index in [0.29, 0.717) is 18.5 Å². The van der Waals surface area contributed by atoms with E-state index < -0.39 is 60.0 Å². The minimum atomic E-state index is -1.15. The van der Waals surface area contributed by atoms with Gasteiger partial charge in [0, 0.05) is 42.2 Å². The molecule has 4 aromatic rings. The number of amides is 7. The summed E-state index contributed by atoms with van der Waals surface area (Å²) in [6.45, 7) is 6.76. The first-order chi connectivity index (χ1) is 26.7. The lowest BCUT2D eigenvalue weighted by atomic mass is 10.0. The molecule has 3 aromatic carbocycles. The summed E-state index contributed by atoms with van der Waals surface area (Å²) in [6, 6.07) is 20.2. The van der Waals surface area contributed by atoms with Crippen molar-refractivity contribution < 1.29 is 33.5 Å². The van der Waals surface area contributed by atoms with Gasteiger partial charge in [0.2, 0.25) is 23.6 Å². The largest absolute Gasteiger partial charge is 0.444 e. The Balaban J connectivity index is 1.44. The Kier molecular flexibility index (Phi) is 15.4. The number of nitrogens with one attached hydrogen (secondary N) is 7. The lowest BCUT2D eigenvalue weighted by Gasteiger charge is -2.25. The normalized spacial score (nSPS) is 12.7. The van der Waals surface area contributed by atoms with Crippen LogP contribution in [0.2, 0.25) is 0 Å². The van der Waals surface area contributed by atoms with Crippen molar-refractivity contribution in [1.29, 1.82) is 0 Å². The highest BCUT2D eigenvalue weighted by molar-refractivity contribution is 5.94. The molecular weight excluding hydrogens is 716 g/mol. The van der Waals surface area contributed by atoms with E-state index in [-0.39, 0.29) is 31.8 Å². The van der Waals surface area contributed by atoms with Crippen molar-refractivity contribution in [3.05, 3.63) is 102 Å². The zero-order valence-electron chi connectivity index (χ0n) is 32.2. The molecule has 0 radical (unpaired) electrons. The predicted octanol–water partition coefficient (Wildman–Crippen LogP) is 3.72. The van der Waals surface area contributed by atoms with Crippen LogP contribution in [0.3, 0.4) is 0 Å². The number of rotatable bonds is 18. The van der Waals surface area contributed by atoms with Gasteiger partial charge < -0.3 is 47.4 Å². The van der Waals surface area contributed by atoms with Crippen molar-refractivity contribution in [1.82, 2.24) is 31.6 Å². The zero-order chi connectivity index (χ0) is 40.7. The van der Waals surface area contributed by atoms with Crippen molar-refractivity contribution >= 4 is 52.3 Å². The summed E-state index contributed by atoms with van der Waals surface area (Å²) in [5, 5.41) is 17.0. The van der Waals surface area contributed by atoms with E-state index in [4.69, 9.17) is 10.5 Å². The summed E-state index contributed by atoms with van der Waals surface area (Å²) in [5.41, 5.74) is 8.68. The molecule has 0 saturated carbocycles. The lowest BCUT2D eigenvalue weighted by Crippen LogP contribution is -2.56. The Labute approximate surface area is 326 Å². The summed E-state index contributed by atoms with van der Waals surface area (Å²) in [5.74, 6) is -2.71. The molecule has 1 aromatic heterocycles. The molecule has 0 fully saturated rings. The van der Waals surface area contributed by atoms with Gasteiger partial charge in [0.05, 0.1) is 6.54 Å². The van der Waals surface area contributed by atoms with Crippen LogP contribution in [0.25, 0.3) is 10.9 Å². The summed E-state index contributed by atoms with van der Waals surface area (Å²) in [4.78, 5) is 81.2. The molecule has 15 nitrogen and oxygen atoms in total. The molecule has 4 rings (SSSR count). The van der Waals surface area contributed by atoms with Gasteiger partial charge in [0.15, 0.2) is 0 Å². The fraction of sp³-hybridized carbons (Fsp3) is 0.366. The van der Waals surface area contributed by atoms with Gasteiger partial charge in [-0.1, -0.05) is 66.7 Å². The van der Waals surface area contributed by atoms with Crippen LogP contribution in [-0.2, 0) is 36.8 Å². The fourth-order valence-corrected chi connectivity index (χ4v) is 5.88. The SMILES string of the molecule is Cc1ccccc1NC(=O)NCCCC[C@H](NC(=O)[C@H](Cc1c[nH]c2ccccc12)NC(=O)OC(C)(C)C)C(=O)NCC(=O)N[C@@H](Cc1ccccc1)C(N)=O. The van der Waals surface area contributed by atoms with Gasteiger partial charge in [0.25, 0.3) is 0 Å². The number of carbonyl (C=O) groups is 6. The average Bonchev–Trinajstić information content (AvgIpc) is 3.55. The number of fused-ring (bicyclic) bond motifs is 1. The second-order valence-corrected chi connectivity index (χ2v) is 14.4. The van der Waals surface area contributed by atoms with E-state index in [1.165, 1.54) is 0 Å². The van der Waals surface area contributed by atoms with Gasteiger partial charge in [-0.15, -0.1) is 0 Å². The quantitative estimate of drug-likeness (QED) is 0.0700. The van der Waals surface area contributed by atoms with Gasteiger partial charge >= 0.3 is 12.1 Å². The molecule has 0 aliphatic heterocycles. The van der Waals surface area contributed by atoms with Crippen LogP contribution < -0.4 is 37.6 Å². The maximum absolute atomic E-state index is 14.0. The average molecular weight is 769 g/mol. The second kappa shape index (κ2) is 20.3. The van der Waals surface area contributed by atoms with Crippen LogP contribution >= 0.6 is 0 Å². The topological polar surface area (TPSA) is 226 Å². The van der Waals surface area contributed by atoms with Crippen molar-refractivity contribution in [2.24, 2.45) is 5.73 Å². The Hall–Kier alpha value is -6.38. The molecule has 0 saturated heterocycles. The molecular formula is C41H52N8O7. The number of urea groups is 1. The predicted molar refractivity (Wildman–Crippen MR) is 213 cm³/mol. The third kappa shape index (κ3) is 13.8. The number of carbonyl (C=O) groups excluding carboxylic acids is 6. The molecule has 1 heterocycles. The minimum Gasteiger partial charge on any atom is -0.444 e. The highest BCUT2D eigenvalue weighted by atomic mass is 16.6. The number of benzene rings is 3. The first-order valence-electron chi connectivity index (χ1n) is 18.5. The summed E-state index contributed by atoms with van der Waals surface area (Å²) < 4.78 is 5.45. The third-order valence-corrected chi connectivity index (χ3v) is 8.72. The van der Waals surface area contributed by atoms with Crippen molar-refractivity contribution in [2.75, 3.05) is 18.4 Å². The van der Waals surface area contributed by atoms with Crippen LogP contribution in [-0.4, -0.2) is 77.6 Å². The molecule has 0 spiro atoms. The first-order valence-corrected chi connectivity index (χ1v) is 18.5. The zero-order valence-corrected chi connectivity index (χ0v) is 32.2. The number of alkyl carbamates (subject to hydrolysis) is 1. The maximum atomic E-state index is 14.0. The molecule has 298 valence electrons. The van der Waals surface area contributed by atoms with Crippen molar-refractivity contribution in [2.45, 2.75) is 83.5 Å². The first kappa shape index (κ1) is 42.4. The minimum absolute atomic E-state index is 0.0711. The number of ether oxygens (including phenoxy) is 1. The number of nitrogens with two attached hydrogens (primary N) is 1. The van der Waals surface area contributed by atoms with Gasteiger partial charge in [0.1, 0.15) is 23.7 Å². The number of H-pyrrole nitrogens is 1. The molecule has 3 atom stereocenters. The smallest absolute Gasteiger partial charge is 0.408 e. The van der Waals surface area contributed by atoms with Crippen LogP contribution in [0.1, 0.15) is 56.7 Å². The van der Waals surface area contributed by atoms with Crippen molar-refractivity contribution in [3.8, 4) is 0 Å². The monoisotopic (exact) mass is 768 g/mol. The Bertz CT molecular complexity index is 1970. The molecule has 0 aliphatic carbocycles. The highest BCUT2D eigenvalue weighted by Gasteiger charge is 2.30. The molecule has 15 heteroatoms. The van der Waals surface area contributed by atoms with E-state index in [9.17, 15) is 28.8 Å². The molecule has 0 aliphatic rings. The summed E-state index contributed by atoms with van der Waals surface area (Å²) in [6.07, 6.45) is 2.15. The van der Waals surface area contributed by atoms with E-state index in [1.54, 1.807) is 57.3 Å². The van der Waals surface area contributed by atoms with Crippen LogP contribution in [0, 0.1) is 6.92 Å². The van der Waals surface area contributed by atoms with E-state index in [1.807, 2.05) is 55.5 Å². The number of primary amides is 1. The maximum Gasteiger partial charge on any atom is 0.408 e. The third-order valence-electron chi connectivity index (χ3n) is 8.72. The highest BCUT2D eigenvalue weighted by Crippen LogP contribution is 2.20. The number of anilines is 1. The van der Waals surface area contributed by atoms with Crippen LogP contribution in [0.5, 0.6) is 0 Å². The number of aromatic amines is 1. The van der Waals surface area contributed by atoms with Gasteiger partial charge in [-0.25, -0.2) is 9.59 Å². The van der Waals surface area contributed by atoms with Crippen LogP contribution in [0.4, 0.5) is 15.3 Å². The standard InChI is InChI=1S/C41H52N8O7/c1-26-14-8-10-18-30(26)48-39(54)43-21-13-12-20-32(37(52)45-25-35(50)46-33(36(42)51)22-27-15-6-5-7-16-27)47-38(53)34(49-40(55)56-41(2,3)4)23-28-24-44-31-19-11-9-17-29(28)31/h5-11,14-19,24,32-34,44H,12-13,20-23,25H2,1-4H3,(H2,42,51)(H,45,52)(H,46,50)(H,47,53)(H,49,55)(H2,43,48,54)/t32-,33-,34-/m0/s1. The lowest BCUT2D eigenvalue weighted by molar-refractivity contribution is -0.131. The number of aryl methyl sites for hydroxylation is 1. The molecule has 0 bridgehead atoms. The summed E-state index contributed by atoms with van der Waals surface area (Å²) >= 11 is 0. The number of aromatic nitrogens is 1. The number of hydrogen-bond acceptors (Lipinski definition) is 7. The Morgan fingerprint density at radius 3 is 2.16 bits per heavy atom. The van der Waals surface area contributed by atoms with Gasteiger partial charge in [-0.3, -0.25) is 19.2 Å². The Morgan fingerprint density at radius 1 is 0.750 bits per heavy atom. The molecule has 56 heavy (non-hydrogen) atoms. The van der Waals surface area contributed by atoms with E-state index in [2.05, 4.69) is 36.9 Å². The second-order valence-electron chi connectivity index (χ2n) is 14.4. The number of hydrogen-bond donors (Lipinski definition) is 8. The van der Waals surface area contributed by atoms with E-state index >= 15 is 0 Å². The fourth-order valence-electron chi connectivity index (χ4n) is 5.88. The van der Waals surface area contributed by atoms with Gasteiger partial charge in [-0.05, 0) is 75.8 Å².